The quantitative estimate of drug-likeness (QED) is 0.507. The number of rotatable bonds is 3. The van der Waals surface area contributed by atoms with Crippen molar-refractivity contribution in [3.05, 3.63) is 0 Å². The first-order valence-electron chi connectivity index (χ1n) is 4.75. The van der Waals surface area contributed by atoms with Crippen LogP contribution in [0.1, 0.15) is 20.3 Å². The molecule has 2 N–H and O–H groups in total. The summed E-state index contributed by atoms with van der Waals surface area (Å²) in [5.41, 5.74) is 4.75. The molecule has 1 heterocycles. The van der Waals surface area contributed by atoms with Crippen LogP contribution < -0.4 is 5.73 Å². The third kappa shape index (κ3) is 1.50. The van der Waals surface area contributed by atoms with Gasteiger partial charge in [0.05, 0.1) is 5.54 Å². The van der Waals surface area contributed by atoms with Crippen LogP contribution in [0.5, 0.6) is 0 Å². The van der Waals surface area contributed by atoms with E-state index in [1.165, 1.54) is 7.05 Å². The zero-order valence-corrected chi connectivity index (χ0v) is 9.11. The third-order valence-electron chi connectivity index (χ3n) is 2.91. The Morgan fingerprint density at radius 1 is 1.27 bits per heavy atom. The second-order valence-electron chi connectivity index (χ2n) is 3.84. The van der Waals surface area contributed by atoms with Gasteiger partial charge in [0, 0.05) is 13.6 Å². The second kappa shape index (κ2) is 3.62. The molecule has 0 bridgehead atoms. The summed E-state index contributed by atoms with van der Waals surface area (Å²) in [7, 11) is 1.29. The molecule has 6 heteroatoms. The molecule has 6 nitrogen and oxygen atoms in total. The average molecular weight is 213 g/mol. The van der Waals surface area contributed by atoms with Crippen molar-refractivity contribution in [1.82, 2.24) is 9.80 Å². The molecule has 84 valence electrons. The van der Waals surface area contributed by atoms with E-state index in [2.05, 4.69) is 0 Å². The first kappa shape index (κ1) is 11.6. The first-order valence-corrected chi connectivity index (χ1v) is 4.75. The Balaban J connectivity index is 3.11. The fourth-order valence-corrected chi connectivity index (χ4v) is 1.43. The Bertz CT molecular complexity index is 323. The number of carbonyl (C=O) groups is 3. The number of nitrogens with two attached hydrogens (primary N) is 1. The lowest BCUT2D eigenvalue weighted by molar-refractivity contribution is -0.144. The standard InChI is InChI=1S/C9H15N3O3/c1-4-9(2,5-10)12-7(14)6(13)11(3)8(12)15/h4-5,10H2,1-3H3. The Morgan fingerprint density at radius 2 is 1.80 bits per heavy atom. The summed E-state index contributed by atoms with van der Waals surface area (Å²) in [6.45, 7) is 3.65. The largest absolute Gasteiger partial charge is 0.334 e. The van der Waals surface area contributed by atoms with Crippen molar-refractivity contribution in [3.8, 4) is 0 Å². The average Bonchev–Trinajstić information content (AvgIpc) is 2.43. The molecule has 1 saturated heterocycles. The zero-order valence-electron chi connectivity index (χ0n) is 9.11. The van der Waals surface area contributed by atoms with E-state index in [-0.39, 0.29) is 6.54 Å². The predicted octanol–water partition coefficient (Wildman–Crippen LogP) is -0.466. The normalized spacial score (nSPS) is 21.2. The molecule has 1 aliphatic heterocycles. The minimum absolute atomic E-state index is 0.141. The van der Waals surface area contributed by atoms with E-state index >= 15 is 0 Å². The molecule has 0 aromatic carbocycles. The summed E-state index contributed by atoms with van der Waals surface area (Å²) < 4.78 is 0. The smallest absolute Gasteiger partial charge is 0.328 e. The number of carbonyl (C=O) groups excluding carboxylic acids is 3. The molecule has 1 rings (SSSR count). The van der Waals surface area contributed by atoms with E-state index in [1.54, 1.807) is 6.92 Å². The van der Waals surface area contributed by atoms with Crippen molar-refractivity contribution in [2.75, 3.05) is 13.6 Å². The van der Waals surface area contributed by atoms with Gasteiger partial charge in [0.1, 0.15) is 0 Å². The summed E-state index contributed by atoms with van der Waals surface area (Å²) in [6, 6.07) is -0.597. The molecule has 0 radical (unpaired) electrons. The van der Waals surface area contributed by atoms with Gasteiger partial charge in [-0.3, -0.25) is 14.5 Å². The van der Waals surface area contributed by atoms with Crippen LogP contribution >= 0.6 is 0 Å². The molecular weight excluding hydrogens is 198 g/mol. The van der Waals surface area contributed by atoms with Crippen LogP contribution in [-0.2, 0) is 9.59 Å². The first-order chi connectivity index (χ1) is 6.89. The molecule has 15 heavy (non-hydrogen) atoms. The Labute approximate surface area is 88.0 Å². The number of amides is 4. The van der Waals surface area contributed by atoms with Gasteiger partial charge >= 0.3 is 17.8 Å². The summed E-state index contributed by atoms with van der Waals surface area (Å²) in [4.78, 5) is 36.2. The summed E-state index contributed by atoms with van der Waals surface area (Å²) in [5, 5.41) is 0. The van der Waals surface area contributed by atoms with Crippen LogP contribution in [0.2, 0.25) is 0 Å². The van der Waals surface area contributed by atoms with Gasteiger partial charge in [0.25, 0.3) is 0 Å². The zero-order chi connectivity index (χ0) is 11.8. The van der Waals surface area contributed by atoms with Crippen molar-refractivity contribution in [2.45, 2.75) is 25.8 Å². The van der Waals surface area contributed by atoms with E-state index in [9.17, 15) is 14.4 Å². The van der Waals surface area contributed by atoms with Crippen LogP contribution in [0.25, 0.3) is 0 Å². The van der Waals surface area contributed by atoms with Crippen molar-refractivity contribution in [2.24, 2.45) is 5.73 Å². The predicted molar refractivity (Wildman–Crippen MR) is 52.8 cm³/mol. The fourth-order valence-electron chi connectivity index (χ4n) is 1.43. The van der Waals surface area contributed by atoms with Gasteiger partial charge in [-0.2, -0.15) is 0 Å². The molecule has 0 aliphatic carbocycles. The van der Waals surface area contributed by atoms with Gasteiger partial charge in [-0.25, -0.2) is 9.69 Å². The van der Waals surface area contributed by atoms with Crippen LogP contribution in [0.4, 0.5) is 4.79 Å². The van der Waals surface area contributed by atoms with Crippen LogP contribution in [0.15, 0.2) is 0 Å². The number of likely N-dealkylation sites (N-methyl/N-ethyl adjacent to an activating group) is 1. The minimum Gasteiger partial charge on any atom is -0.328 e. The lowest BCUT2D eigenvalue weighted by atomic mass is 9.97. The molecule has 0 saturated carbocycles. The third-order valence-corrected chi connectivity index (χ3v) is 2.91. The van der Waals surface area contributed by atoms with E-state index in [4.69, 9.17) is 5.73 Å². The van der Waals surface area contributed by atoms with Gasteiger partial charge in [0.2, 0.25) is 0 Å². The highest BCUT2D eigenvalue weighted by atomic mass is 16.2. The van der Waals surface area contributed by atoms with Gasteiger partial charge < -0.3 is 5.73 Å². The lowest BCUT2D eigenvalue weighted by Crippen LogP contribution is -2.54. The number of hydrogen-bond donors (Lipinski definition) is 1. The Morgan fingerprint density at radius 3 is 2.07 bits per heavy atom. The maximum atomic E-state index is 11.6. The van der Waals surface area contributed by atoms with Crippen LogP contribution in [0, 0.1) is 0 Å². The Hall–Kier alpha value is -1.43. The van der Waals surface area contributed by atoms with E-state index in [0.29, 0.717) is 6.42 Å². The maximum absolute atomic E-state index is 11.6. The van der Waals surface area contributed by atoms with Gasteiger partial charge in [0.15, 0.2) is 0 Å². The van der Waals surface area contributed by atoms with Crippen LogP contribution in [-0.4, -0.2) is 46.8 Å². The summed E-state index contributed by atoms with van der Waals surface area (Å²) in [6.07, 6.45) is 0.516. The van der Waals surface area contributed by atoms with Gasteiger partial charge in [-0.1, -0.05) is 6.92 Å². The van der Waals surface area contributed by atoms with E-state index < -0.39 is 23.4 Å². The molecular formula is C9H15N3O3. The highest BCUT2D eigenvalue weighted by molar-refractivity contribution is 6.44. The molecule has 1 unspecified atom stereocenters. The van der Waals surface area contributed by atoms with Gasteiger partial charge in [-0.05, 0) is 13.3 Å². The van der Waals surface area contributed by atoms with E-state index in [0.717, 1.165) is 9.80 Å². The Kier molecular flexibility index (Phi) is 2.81. The minimum atomic E-state index is -0.798. The summed E-state index contributed by atoms with van der Waals surface area (Å²) in [5.74, 6) is -1.59. The molecule has 0 spiro atoms. The summed E-state index contributed by atoms with van der Waals surface area (Å²) >= 11 is 0. The number of hydrogen-bond acceptors (Lipinski definition) is 4. The SMILES string of the molecule is CCC(C)(CN)N1C(=O)C(=O)N(C)C1=O. The van der Waals surface area contributed by atoms with Crippen molar-refractivity contribution >= 4 is 17.8 Å². The number of urea groups is 1. The molecule has 4 amide bonds. The molecule has 1 aliphatic rings. The molecule has 0 aromatic heterocycles. The second-order valence-corrected chi connectivity index (χ2v) is 3.84. The fraction of sp³-hybridized carbons (Fsp3) is 0.667. The molecule has 0 aromatic rings. The van der Waals surface area contributed by atoms with E-state index in [1.807, 2.05) is 6.92 Å². The highest BCUT2D eigenvalue weighted by Gasteiger charge is 2.49. The topological polar surface area (TPSA) is 83.7 Å². The monoisotopic (exact) mass is 213 g/mol. The molecule has 1 atom stereocenters. The van der Waals surface area contributed by atoms with Crippen LogP contribution in [0.3, 0.4) is 0 Å². The number of nitrogens with zero attached hydrogens (tertiary/aromatic N) is 2. The number of imide groups is 2. The highest BCUT2D eigenvalue weighted by Crippen LogP contribution is 2.24. The maximum Gasteiger partial charge on any atom is 0.334 e. The molecule has 1 fully saturated rings. The van der Waals surface area contributed by atoms with Gasteiger partial charge in [-0.15, -0.1) is 0 Å². The van der Waals surface area contributed by atoms with Crippen molar-refractivity contribution in [3.63, 3.8) is 0 Å². The lowest BCUT2D eigenvalue weighted by Gasteiger charge is -2.34. The van der Waals surface area contributed by atoms with Crippen molar-refractivity contribution < 1.29 is 14.4 Å². The van der Waals surface area contributed by atoms with Crippen molar-refractivity contribution in [1.29, 1.82) is 0 Å².